The molecule has 99 valence electrons. The Bertz CT molecular complexity index is 290. The first-order chi connectivity index (χ1) is 7.03. The van der Waals surface area contributed by atoms with Gasteiger partial charge in [-0.25, -0.2) is 0 Å². The van der Waals surface area contributed by atoms with E-state index in [-0.39, 0.29) is 24.8 Å². The van der Waals surface area contributed by atoms with Gasteiger partial charge in [0.25, 0.3) is 0 Å². The second-order valence-corrected chi connectivity index (χ2v) is 9.67. The molecule has 1 unspecified atom stereocenters. The maximum absolute atomic E-state index is 6.01. The van der Waals surface area contributed by atoms with Gasteiger partial charge in [0, 0.05) is 0 Å². The first-order valence-electron chi connectivity index (χ1n) is 5.78. The van der Waals surface area contributed by atoms with Crippen LogP contribution in [0.3, 0.4) is 0 Å². The maximum atomic E-state index is 6.01. The molecule has 0 aromatic rings. The third kappa shape index (κ3) is 5.22. The summed E-state index contributed by atoms with van der Waals surface area (Å²) in [4.78, 5) is 0. The van der Waals surface area contributed by atoms with Crippen LogP contribution in [0.25, 0.3) is 0 Å². The third-order valence-corrected chi connectivity index (χ3v) is 7.31. The molecular formula is C12H23Cl2OSiTi. The molecule has 17 heavy (non-hydrogen) atoms. The van der Waals surface area contributed by atoms with Crippen molar-refractivity contribution in [1.29, 1.82) is 0 Å². The summed E-state index contributed by atoms with van der Waals surface area (Å²) in [5, 5.41) is 0. The Hall–Kier alpha value is 0.951. The molecule has 0 saturated heterocycles. The van der Waals surface area contributed by atoms with E-state index >= 15 is 0 Å². The summed E-state index contributed by atoms with van der Waals surface area (Å²) >= 11 is 2.26. The number of rotatable bonds is 5. The number of hydrogen-bond donors (Lipinski definition) is 0. The Labute approximate surface area is 131 Å². The molecule has 1 rings (SSSR count). The molecule has 0 aromatic heterocycles. The van der Waals surface area contributed by atoms with Crippen molar-refractivity contribution in [1.82, 2.24) is 0 Å². The summed E-state index contributed by atoms with van der Waals surface area (Å²) in [6.45, 7) is 9.93. The molecule has 0 saturated carbocycles. The van der Waals surface area contributed by atoms with Crippen molar-refractivity contribution in [3.63, 3.8) is 0 Å². The van der Waals surface area contributed by atoms with E-state index in [4.69, 9.17) is 4.43 Å². The van der Waals surface area contributed by atoms with Crippen molar-refractivity contribution < 1.29 is 24.9 Å². The van der Waals surface area contributed by atoms with E-state index in [1.807, 2.05) is 0 Å². The smallest absolute Gasteiger partial charge is 0.147 e. The molecule has 0 N–H and O–H groups in total. The first kappa shape index (κ1) is 20.3. The minimum absolute atomic E-state index is 0. The Kier molecular flexibility index (Phi) is 10.7. The van der Waals surface area contributed by atoms with Crippen molar-refractivity contribution in [2.24, 2.45) is 0 Å². The Morgan fingerprint density at radius 1 is 1.35 bits per heavy atom. The van der Waals surface area contributed by atoms with Crippen molar-refractivity contribution in [2.45, 2.75) is 45.3 Å². The number of halogens is 2. The Morgan fingerprint density at radius 3 is 2.29 bits per heavy atom. The van der Waals surface area contributed by atoms with Gasteiger partial charge in [-0.2, -0.15) is 0 Å². The molecule has 1 aliphatic carbocycles. The molecule has 0 aliphatic heterocycles. The maximum Gasteiger partial charge on any atom is -0.147 e. The van der Waals surface area contributed by atoms with Crippen LogP contribution in [-0.2, 0) is 24.9 Å². The van der Waals surface area contributed by atoms with Gasteiger partial charge in [-0.15, -0.1) is 24.8 Å². The second-order valence-electron chi connectivity index (χ2n) is 4.54. The Morgan fingerprint density at radius 2 is 1.94 bits per heavy atom. The van der Waals surface area contributed by atoms with Crippen LogP contribution in [0.1, 0.15) is 26.7 Å². The van der Waals surface area contributed by atoms with Gasteiger partial charge in [0.15, 0.2) is 0 Å². The van der Waals surface area contributed by atoms with Crippen molar-refractivity contribution in [2.75, 3.05) is 6.61 Å². The quantitative estimate of drug-likeness (QED) is 0.669. The topological polar surface area (TPSA) is 9.23 Å². The van der Waals surface area contributed by atoms with Crippen molar-refractivity contribution in [3.8, 4) is 0 Å². The van der Waals surface area contributed by atoms with E-state index in [9.17, 15) is 0 Å². The summed E-state index contributed by atoms with van der Waals surface area (Å²) < 4.78 is 7.56. The Balaban J connectivity index is 0. The molecular weight excluding hydrogens is 307 g/mol. The zero-order chi connectivity index (χ0) is 11.5. The van der Waals surface area contributed by atoms with Gasteiger partial charge < -0.3 is 0 Å². The zero-order valence-corrected chi connectivity index (χ0v) is 15.3. The normalized spacial score (nSPS) is 16.4. The van der Waals surface area contributed by atoms with Gasteiger partial charge in [-0.3, -0.25) is 0 Å². The van der Waals surface area contributed by atoms with Crippen molar-refractivity contribution >= 4 is 33.1 Å². The second kappa shape index (κ2) is 8.95. The predicted octanol–water partition coefficient (Wildman–Crippen LogP) is 4.61. The molecule has 0 bridgehead atoms. The van der Waals surface area contributed by atoms with Gasteiger partial charge in [0.05, 0.1) is 0 Å². The summed E-state index contributed by atoms with van der Waals surface area (Å²) in [5.41, 5.74) is 2.22. The van der Waals surface area contributed by atoms with Gasteiger partial charge in [-0.05, 0) is 0 Å². The van der Waals surface area contributed by atoms with E-state index in [0.29, 0.717) is 5.54 Å². The molecule has 0 radical (unpaired) electrons. The average molecular weight is 330 g/mol. The van der Waals surface area contributed by atoms with E-state index in [1.165, 1.54) is 6.42 Å². The van der Waals surface area contributed by atoms with Crippen LogP contribution in [0.4, 0.5) is 0 Å². The van der Waals surface area contributed by atoms with Crippen LogP contribution in [0.15, 0.2) is 21.6 Å². The van der Waals surface area contributed by atoms with Crippen LogP contribution in [0.2, 0.25) is 18.6 Å². The van der Waals surface area contributed by atoms with Crippen LogP contribution < -0.4 is 0 Å². The van der Waals surface area contributed by atoms with Crippen LogP contribution >= 0.6 is 24.8 Å². The SMILES string of the molecule is CCO[Si](C)(C)C(CC)C1=[C]([Ti])CC=C1.Cl.Cl. The summed E-state index contributed by atoms with van der Waals surface area (Å²) in [5.74, 6) is 0. The molecule has 0 heterocycles. The third-order valence-electron chi connectivity index (χ3n) is 3.11. The van der Waals surface area contributed by atoms with Crippen LogP contribution in [-0.4, -0.2) is 14.9 Å². The molecule has 5 heteroatoms. The zero-order valence-electron chi connectivity index (χ0n) is 11.1. The number of allylic oxidation sites excluding steroid dienone is 4. The van der Waals surface area contributed by atoms with E-state index in [1.54, 1.807) is 9.45 Å². The molecule has 1 atom stereocenters. The predicted molar refractivity (Wildman–Crippen MR) is 78.4 cm³/mol. The molecule has 0 fully saturated rings. The molecule has 0 amide bonds. The summed E-state index contributed by atoms with van der Waals surface area (Å²) in [6.07, 6.45) is 6.94. The van der Waals surface area contributed by atoms with Crippen molar-refractivity contribution in [3.05, 3.63) is 21.6 Å². The van der Waals surface area contributed by atoms with Gasteiger partial charge >= 0.3 is 107 Å². The molecule has 0 spiro atoms. The summed E-state index contributed by atoms with van der Waals surface area (Å²) in [7, 11) is -1.55. The van der Waals surface area contributed by atoms with Crippen LogP contribution in [0, 0.1) is 0 Å². The van der Waals surface area contributed by atoms with Gasteiger partial charge in [0.1, 0.15) is 0 Å². The largest absolute Gasteiger partial charge is 0.147 e. The van der Waals surface area contributed by atoms with Gasteiger partial charge in [-0.1, -0.05) is 0 Å². The fourth-order valence-corrected chi connectivity index (χ4v) is 6.17. The van der Waals surface area contributed by atoms with E-state index in [2.05, 4.69) is 59.5 Å². The standard InChI is InChI=1S/C12H21OSi.2ClH.Ti/c1-5-12(11-9-7-8-10-11)14(3,4)13-6-2;;;/h7,9,12H,5-6,8H2,1-4H3;2*1H;. The minimum atomic E-state index is -1.55. The fraction of sp³-hybridized carbons (Fsp3) is 0.667. The van der Waals surface area contributed by atoms with Gasteiger partial charge in [0.2, 0.25) is 0 Å². The first-order valence-corrected chi connectivity index (χ1v) is 9.54. The fourth-order valence-electron chi connectivity index (χ4n) is 2.41. The number of hydrogen-bond acceptors (Lipinski definition) is 1. The summed E-state index contributed by atoms with van der Waals surface area (Å²) in [6, 6.07) is 0. The monoisotopic (exact) mass is 329 g/mol. The van der Waals surface area contributed by atoms with E-state index in [0.717, 1.165) is 13.0 Å². The minimum Gasteiger partial charge on any atom is -0.147 e. The molecule has 0 aromatic carbocycles. The van der Waals surface area contributed by atoms with E-state index < -0.39 is 8.32 Å². The molecule has 1 aliphatic rings. The molecule has 1 nitrogen and oxygen atoms in total. The average Bonchev–Trinajstić information content (AvgIpc) is 2.53. The van der Waals surface area contributed by atoms with Crippen LogP contribution in [0.5, 0.6) is 0 Å².